The number of likely N-dealkylation sites (N-methyl/N-ethyl adjacent to an activating group) is 1. The van der Waals surface area contributed by atoms with Crippen molar-refractivity contribution in [2.24, 2.45) is 0 Å². The van der Waals surface area contributed by atoms with Gasteiger partial charge in [-0.1, -0.05) is 64.3 Å². The minimum atomic E-state index is -4.10. The molecule has 3 rings (SSSR count). The number of aryl methyl sites for hydroxylation is 1. The Labute approximate surface area is 231 Å². The number of carbonyl (C=O) groups is 2. The Morgan fingerprint density at radius 3 is 2.11 bits per heavy atom. The number of sulfonamides is 1. The zero-order valence-electron chi connectivity index (χ0n) is 20.8. The lowest BCUT2D eigenvalue weighted by atomic mass is 10.1. The van der Waals surface area contributed by atoms with Gasteiger partial charge in [0.05, 0.1) is 10.6 Å². The Kier molecular flexibility index (Phi) is 9.75. The maximum atomic E-state index is 13.8. The van der Waals surface area contributed by atoms with Crippen LogP contribution < -0.4 is 9.62 Å². The largest absolute Gasteiger partial charge is 0.357 e. The fraction of sp³-hybridized carbons (Fsp3) is 0.259. The monoisotopic (exact) mass is 605 g/mol. The highest BCUT2D eigenvalue weighted by molar-refractivity contribution is 9.10. The number of carbonyl (C=O) groups excluding carboxylic acids is 2. The highest BCUT2D eigenvalue weighted by atomic mass is 79.9. The van der Waals surface area contributed by atoms with E-state index in [0.717, 1.165) is 19.9 Å². The number of hydrogen-bond acceptors (Lipinski definition) is 4. The molecule has 0 radical (unpaired) electrons. The molecule has 3 aromatic carbocycles. The van der Waals surface area contributed by atoms with Crippen LogP contribution >= 0.6 is 27.5 Å². The van der Waals surface area contributed by atoms with Crippen LogP contribution in [0.4, 0.5) is 5.69 Å². The van der Waals surface area contributed by atoms with Gasteiger partial charge in [0.15, 0.2) is 0 Å². The first kappa shape index (κ1) is 28.7. The predicted molar refractivity (Wildman–Crippen MR) is 150 cm³/mol. The molecule has 2 amide bonds. The highest BCUT2D eigenvalue weighted by Crippen LogP contribution is 2.26. The molecule has 3 aromatic rings. The van der Waals surface area contributed by atoms with Crippen LogP contribution in [0.15, 0.2) is 82.2 Å². The van der Waals surface area contributed by atoms with Crippen LogP contribution in [0.1, 0.15) is 24.5 Å². The molecule has 0 aromatic heterocycles. The molecule has 0 saturated carbocycles. The third-order valence-corrected chi connectivity index (χ3v) is 8.47. The first-order valence-electron chi connectivity index (χ1n) is 11.7. The summed E-state index contributed by atoms with van der Waals surface area (Å²) in [6.45, 7) is 3.29. The van der Waals surface area contributed by atoms with E-state index >= 15 is 0 Å². The molecule has 196 valence electrons. The molecule has 0 aliphatic rings. The van der Waals surface area contributed by atoms with Crippen LogP contribution in [0, 0.1) is 6.92 Å². The Balaban J connectivity index is 2.04. The van der Waals surface area contributed by atoms with Gasteiger partial charge >= 0.3 is 0 Å². The zero-order chi connectivity index (χ0) is 27.2. The van der Waals surface area contributed by atoms with Gasteiger partial charge in [-0.2, -0.15) is 0 Å². The summed E-state index contributed by atoms with van der Waals surface area (Å²) in [6, 6.07) is 19.3. The predicted octanol–water partition coefficient (Wildman–Crippen LogP) is 5.16. The fourth-order valence-corrected chi connectivity index (χ4v) is 5.65. The van der Waals surface area contributed by atoms with E-state index in [1.54, 1.807) is 67.6 Å². The standard InChI is InChI=1S/C27H29BrClN3O4S/c1-4-25(27(34)30-3)31(17-20-7-11-22(29)12-8-20)26(33)18-32(23-13-9-21(28)10-14-23)37(35,36)24-15-5-19(2)6-16-24/h5-16,25H,4,17-18H2,1-3H3,(H,30,34). The van der Waals surface area contributed by atoms with Crippen molar-refractivity contribution in [3.63, 3.8) is 0 Å². The Hall–Kier alpha value is -2.88. The number of anilines is 1. The van der Waals surface area contributed by atoms with Crippen molar-refractivity contribution in [1.82, 2.24) is 10.2 Å². The number of nitrogens with zero attached hydrogens (tertiary/aromatic N) is 2. The molecule has 0 saturated heterocycles. The minimum Gasteiger partial charge on any atom is -0.357 e. The second kappa shape index (κ2) is 12.6. The van der Waals surface area contributed by atoms with E-state index in [-0.39, 0.29) is 17.3 Å². The molecule has 0 aliphatic heterocycles. The molecule has 0 fully saturated rings. The zero-order valence-corrected chi connectivity index (χ0v) is 24.0. The third kappa shape index (κ3) is 7.12. The second-order valence-electron chi connectivity index (χ2n) is 8.49. The molecule has 0 bridgehead atoms. The lowest BCUT2D eigenvalue weighted by molar-refractivity contribution is -0.140. The number of benzene rings is 3. The van der Waals surface area contributed by atoms with Crippen LogP contribution in [-0.4, -0.2) is 44.8 Å². The number of amides is 2. The van der Waals surface area contributed by atoms with Gasteiger partial charge in [-0.25, -0.2) is 8.42 Å². The minimum absolute atomic E-state index is 0.0661. The van der Waals surface area contributed by atoms with E-state index < -0.39 is 28.5 Å². The van der Waals surface area contributed by atoms with Crippen molar-refractivity contribution >= 4 is 55.1 Å². The number of hydrogen-bond donors (Lipinski definition) is 1. The number of rotatable bonds is 10. The summed E-state index contributed by atoms with van der Waals surface area (Å²) in [7, 11) is -2.59. The van der Waals surface area contributed by atoms with Crippen LogP contribution in [0.5, 0.6) is 0 Å². The maximum Gasteiger partial charge on any atom is 0.264 e. The molecule has 1 N–H and O–H groups in total. The van der Waals surface area contributed by atoms with Gasteiger partial charge in [-0.3, -0.25) is 13.9 Å². The Morgan fingerprint density at radius 2 is 1.57 bits per heavy atom. The molecule has 1 atom stereocenters. The van der Waals surface area contributed by atoms with E-state index in [1.165, 1.54) is 24.1 Å². The molecular weight excluding hydrogens is 578 g/mol. The first-order valence-corrected chi connectivity index (χ1v) is 14.3. The maximum absolute atomic E-state index is 13.8. The van der Waals surface area contributed by atoms with E-state index in [0.29, 0.717) is 17.1 Å². The molecular formula is C27H29BrClN3O4S. The summed E-state index contributed by atoms with van der Waals surface area (Å²) in [4.78, 5) is 28.0. The summed E-state index contributed by atoms with van der Waals surface area (Å²) >= 11 is 9.39. The quantitative estimate of drug-likeness (QED) is 0.346. The van der Waals surface area contributed by atoms with E-state index in [4.69, 9.17) is 11.6 Å². The summed E-state index contributed by atoms with van der Waals surface area (Å²) in [5.41, 5.74) is 2.00. The topological polar surface area (TPSA) is 86.8 Å². The van der Waals surface area contributed by atoms with Gasteiger partial charge in [0.1, 0.15) is 12.6 Å². The number of halogens is 2. The Morgan fingerprint density at radius 1 is 0.973 bits per heavy atom. The lowest BCUT2D eigenvalue weighted by Gasteiger charge is -2.33. The normalized spacial score (nSPS) is 12.0. The molecule has 10 heteroatoms. The van der Waals surface area contributed by atoms with Crippen LogP contribution in [0.25, 0.3) is 0 Å². The van der Waals surface area contributed by atoms with Crippen LogP contribution in [0.3, 0.4) is 0 Å². The van der Waals surface area contributed by atoms with Gasteiger partial charge in [-0.15, -0.1) is 0 Å². The van der Waals surface area contributed by atoms with Crippen molar-refractivity contribution in [2.75, 3.05) is 17.9 Å². The molecule has 7 nitrogen and oxygen atoms in total. The fourth-order valence-electron chi connectivity index (χ4n) is 3.85. The van der Waals surface area contributed by atoms with Crippen LogP contribution in [-0.2, 0) is 26.2 Å². The molecule has 0 aliphatic carbocycles. The van der Waals surface area contributed by atoms with Crippen LogP contribution in [0.2, 0.25) is 5.02 Å². The van der Waals surface area contributed by atoms with Crippen molar-refractivity contribution in [2.45, 2.75) is 37.8 Å². The van der Waals surface area contributed by atoms with E-state index in [2.05, 4.69) is 21.2 Å². The average Bonchev–Trinajstić information content (AvgIpc) is 2.88. The first-order chi connectivity index (χ1) is 17.6. The summed E-state index contributed by atoms with van der Waals surface area (Å²) < 4.78 is 29.4. The SMILES string of the molecule is CCC(C(=O)NC)N(Cc1ccc(Cl)cc1)C(=O)CN(c1ccc(Br)cc1)S(=O)(=O)c1ccc(C)cc1. The second-order valence-corrected chi connectivity index (χ2v) is 11.7. The van der Waals surface area contributed by atoms with Gasteiger partial charge in [0, 0.05) is 23.1 Å². The third-order valence-electron chi connectivity index (χ3n) is 5.90. The molecule has 0 spiro atoms. The van der Waals surface area contributed by atoms with Crippen molar-refractivity contribution in [3.8, 4) is 0 Å². The van der Waals surface area contributed by atoms with Crippen molar-refractivity contribution in [3.05, 3.63) is 93.4 Å². The van der Waals surface area contributed by atoms with Gasteiger partial charge < -0.3 is 10.2 Å². The summed E-state index contributed by atoms with van der Waals surface area (Å²) in [5.74, 6) is -0.842. The lowest BCUT2D eigenvalue weighted by Crippen LogP contribution is -2.51. The van der Waals surface area contributed by atoms with Crippen molar-refractivity contribution in [1.29, 1.82) is 0 Å². The van der Waals surface area contributed by atoms with Crippen molar-refractivity contribution < 1.29 is 18.0 Å². The Bertz CT molecular complexity index is 1330. The van der Waals surface area contributed by atoms with Gasteiger partial charge in [0.2, 0.25) is 11.8 Å². The smallest absolute Gasteiger partial charge is 0.264 e. The number of nitrogens with one attached hydrogen (secondary N) is 1. The van der Waals surface area contributed by atoms with E-state index in [1.807, 2.05) is 6.92 Å². The summed E-state index contributed by atoms with van der Waals surface area (Å²) in [5, 5.41) is 3.15. The van der Waals surface area contributed by atoms with E-state index in [9.17, 15) is 18.0 Å². The highest BCUT2D eigenvalue weighted by Gasteiger charge is 2.33. The van der Waals surface area contributed by atoms with Gasteiger partial charge in [0.25, 0.3) is 10.0 Å². The van der Waals surface area contributed by atoms with Gasteiger partial charge in [-0.05, 0) is 67.4 Å². The molecule has 37 heavy (non-hydrogen) atoms. The molecule has 0 heterocycles. The summed E-state index contributed by atoms with van der Waals surface area (Å²) in [6.07, 6.45) is 0.349. The molecule has 1 unspecified atom stereocenters. The average molecular weight is 607 g/mol.